The average Bonchev–Trinajstić information content (AvgIpc) is 1.63. The molecule has 15 rings (SSSR count). The summed E-state index contributed by atoms with van der Waals surface area (Å²) in [5.41, 5.74) is 11.1. The van der Waals surface area contributed by atoms with Crippen LogP contribution in [-0.2, 0) is 33.2 Å². The fourth-order valence-electron chi connectivity index (χ4n) is 8.81. The number of carboxylic acid groups (broad SMARTS) is 1. The number of carbonyl (C=O) groups excluding carboxylic acids is 6. The number of ether oxygens (including phenoxy) is 2. The maximum Gasteiger partial charge on any atom is 2.00 e. The number of hydrogen-bond donors (Lipinski definition) is 4. The van der Waals surface area contributed by atoms with Crippen molar-refractivity contribution >= 4 is 162 Å². The van der Waals surface area contributed by atoms with Crippen LogP contribution >= 0.6 is 48.0 Å². The zero-order chi connectivity index (χ0) is 86.3. The molecule has 634 valence electrons. The molecule has 0 unspecified atom stereocenters. The van der Waals surface area contributed by atoms with Gasteiger partial charge < -0.3 is 65.1 Å². The molecule has 0 aromatic carbocycles. The minimum Gasteiger partial charge on any atom is -1.00 e. The van der Waals surface area contributed by atoms with Gasteiger partial charge in [0.25, 0.3) is 17.8 Å². The average molecular weight is 1930 g/mol. The number of aromatic nitrogens is 14. The molecule has 0 spiro atoms. The van der Waals surface area contributed by atoms with Crippen LogP contribution in [0.5, 0.6) is 0 Å². The summed E-state index contributed by atoms with van der Waals surface area (Å²) in [4.78, 5) is 102. The second kappa shape index (κ2) is 56.1. The van der Waals surface area contributed by atoms with Crippen molar-refractivity contribution in [2.75, 3.05) is 13.2 Å². The number of imidazole rings is 4. The fourth-order valence-corrected chi connectivity index (χ4v) is 10.2. The predicted molar refractivity (Wildman–Crippen MR) is 465 cm³/mol. The first-order chi connectivity index (χ1) is 56.6. The van der Waals surface area contributed by atoms with Gasteiger partial charge in [-0.3, -0.25) is 24.0 Å². The van der Waals surface area contributed by atoms with Crippen LogP contribution in [0.4, 0.5) is 0 Å². The van der Waals surface area contributed by atoms with E-state index in [4.69, 9.17) is 51.4 Å². The zero-order valence-corrected chi connectivity index (χ0v) is 75.6. The molecule has 0 atom stereocenters. The maximum absolute atomic E-state index is 12.5. The molecule has 3 aliphatic carbocycles. The number of aliphatic carboxylic acids is 1. The number of carboxylic acids is 1. The first kappa shape index (κ1) is 109. The Labute approximate surface area is 781 Å². The molecular formula is C84H86BBr3CaCl2N20O12. The summed E-state index contributed by atoms with van der Waals surface area (Å²) in [6.45, 7) is 18.5. The molecule has 12 heterocycles. The summed E-state index contributed by atoms with van der Waals surface area (Å²) < 4.78 is 29.8. The molecular weight excluding hydrogens is 1840 g/mol. The van der Waals surface area contributed by atoms with Crippen molar-refractivity contribution in [3.05, 3.63) is 160 Å². The normalized spacial score (nSPS) is 12.8. The molecule has 32 nitrogen and oxygen atoms in total. The Hall–Kier alpha value is -11.6. The second-order valence-corrected chi connectivity index (χ2v) is 27.5. The van der Waals surface area contributed by atoms with E-state index in [-0.39, 0.29) is 130 Å². The fraction of sp³-hybridized carbons (Fsp3) is 0.321. The first-order valence-corrected chi connectivity index (χ1v) is 38.2. The number of hydrogen-bond acceptors (Lipinski definition) is 24. The molecule has 2 saturated heterocycles. The number of nitriles is 2. The van der Waals surface area contributed by atoms with Gasteiger partial charge in [-0.15, -0.1) is 6.42 Å². The topological polar surface area (TPSA) is 424 Å². The Morgan fingerprint density at radius 1 is 0.593 bits per heavy atom. The number of carbonyl (C=O) groups is 7. The molecule has 10 aromatic rings. The third-order valence-corrected chi connectivity index (χ3v) is 17.8. The number of nitrogens with one attached hydrogen (secondary N) is 2. The van der Waals surface area contributed by atoms with E-state index in [0.717, 1.165) is 42.0 Å². The molecule has 3 saturated carbocycles. The summed E-state index contributed by atoms with van der Waals surface area (Å²) in [5.74, 6) is 30.1. The van der Waals surface area contributed by atoms with Crippen molar-refractivity contribution in [2.24, 2.45) is 5.73 Å². The van der Waals surface area contributed by atoms with E-state index in [1.54, 1.807) is 148 Å². The van der Waals surface area contributed by atoms with E-state index in [1.165, 1.54) is 21.9 Å². The Kier molecular flexibility index (Phi) is 49.9. The molecule has 0 bridgehead atoms. The number of amides is 4. The van der Waals surface area contributed by atoms with Gasteiger partial charge in [-0.25, -0.2) is 61.5 Å². The summed E-state index contributed by atoms with van der Waals surface area (Å²) in [6, 6.07) is 26.2. The van der Waals surface area contributed by atoms with Gasteiger partial charge in [0.1, 0.15) is 38.4 Å². The standard InChI is InChI=1S/C16H12N6O.C12H15BN2O2.C10H9BrN4O.C9H8BrN3O2.C9H9N3O2.C9H4.C8H6.C4H4BrNO2.C3H7N.C2H4O2.2CH4.Ca.2ClH/c17-8-12-4-3-10(9-18-12)15-14(16(23)20-11-5-6-11)21-13-2-1-7-19-22(13)15;1-11(2)12(3,4)17-13(16-11)9-5-6-10(7-14)15-8-9;11-9-8(10(16)13-6-3-4-6)14-7-2-1-5-12-15(7)9;1-2-15-9(14)7-8(10)13-6(12-7)4-3-5-11-13;1-2-14-9(13)7-6-12-8(11-7)4-3-5-10-12;1-3-5-7-9-8-6-4-2;1-3-5-7-8-6-4-2;5-6-3(7)1-2-4(6)8;4-3-1-2-3;1-2(3)4;;;;;/h1-4,7,9,11H,5-6H2,(H,20,23);5-6,8H,1-4H3;1-2,5-6H,3-4H2,(H,13,16);3-5H,2H2,1H3;3-6H,2H2,1H3;1H,2H3;1-2H3;1-2H2;3H,1-2,4H2;1H3,(H,3,4);2*1H4;;2*1H/q;;;;;;;;;;;;+2;;/p-2. The van der Waals surface area contributed by atoms with E-state index in [2.05, 4.69) is 186 Å². The molecule has 4 amide bonds. The minimum atomic E-state index is -0.833. The smallest absolute Gasteiger partial charge is 1.00 e. The van der Waals surface area contributed by atoms with Gasteiger partial charge in [-0.05, 0) is 259 Å². The number of pyridine rings is 2. The van der Waals surface area contributed by atoms with Crippen LogP contribution in [-0.4, -0.2) is 206 Å². The summed E-state index contributed by atoms with van der Waals surface area (Å²) in [7, 11) is -0.416. The number of fused-ring (bicyclic) bond motifs is 4. The number of nitrogens with zero attached hydrogens (tertiary/aromatic N) is 17. The number of imide groups is 1. The molecule has 5 aliphatic rings. The third kappa shape index (κ3) is 35.8. The van der Waals surface area contributed by atoms with E-state index in [9.17, 15) is 28.8 Å². The van der Waals surface area contributed by atoms with Crippen LogP contribution in [0.15, 0.2) is 125 Å². The molecule has 2 aliphatic heterocycles. The number of terminal acetylenes is 1. The Morgan fingerprint density at radius 3 is 1.38 bits per heavy atom. The van der Waals surface area contributed by atoms with Crippen LogP contribution in [0.25, 0.3) is 33.8 Å². The third-order valence-electron chi connectivity index (χ3n) is 15.6. The van der Waals surface area contributed by atoms with Gasteiger partial charge >= 0.3 is 56.8 Å². The van der Waals surface area contributed by atoms with Crippen LogP contribution in [0.1, 0.15) is 189 Å². The zero-order valence-electron chi connectivity index (χ0n) is 67.1. The van der Waals surface area contributed by atoms with Crippen molar-refractivity contribution in [3.63, 3.8) is 0 Å². The van der Waals surface area contributed by atoms with Gasteiger partial charge in [0.05, 0.1) is 46.8 Å². The van der Waals surface area contributed by atoms with Crippen molar-refractivity contribution in [2.45, 2.75) is 165 Å². The number of rotatable bonds is 10. The van der Waals surface area contributed by atoms with Crippen molar-refractivity contribution in [1.82, 2.24) is 82.9 Å². The van der Waals surface area contributed by atoms with Crippen LogP contribution in [0, 0.1) is 106 Å². The Bertz CT molecular complexity index is 5720. The monoisotopic (exact) mass is 1920 g/mol. The first-order valence-electron chi connectivity index (χ1n) is 35.9. The van der Waals surface area contributed by atoms with Gasteiger partial charge in [0, 0.05) is 86.1 Å². The number of esters is 2. The summed E-state index contributed by atoms with van der Waals surface area (Å²) in [5, 5.41) is 47.2. The van der Waals surface area contributed by atoms with Crippen molar-refractivity contribution in [3.8, 4) is 107 Å². The molecule has 10 aromatic heterocycles. The molecule has 0 radical (unpaired) electrons. The van der Waals surface area contributed by atoms with Crippen LogP contribution in [0.2, 0.25) is 0 Å². The quantitative estimate of drug-likeness (QED) is 0.0494. The van der Waals surface area contributed by atoms with E-state index >= 15 is 0 Å². The van der Waals surface area contributed by atoms with E-state index in [0.29, 0.717) is 104 Å². The van der Waals surface area contributed by atoms with Gasteiger partial charge in [0.2, 0.25) is 11.8 Å². The molecule has 39 heteroatoms. The Balaban J connectivity index is 0.000000703. The van der Waals surface area contributed by atoms with Crippen molar-refractivity contribution in [1.29, 1.82) is 10.5 Å². The van der Waals surface area contributed by atoms with Crippen molar-refractivity contribution < 1.29 is 82.3 Å². The number of halogens is 5. The summed E-state index contributed by atoms with van der Waals surface area (Å²) >= 11 is 9.40. The maximum atomic E-state index is 12.5. The molecule has 5 N–H and O–H groups in total. The van der Waals surface area contributed by atoms with E-state index < -0.39 is 25.0 Å². The van der Waals surface area contributed by atoms with Gasteiger partial charge in [-0.1, -0.05) is 38.7 Å². The van der Waals surface area contributed by atoms with Gasteiger partial charge in [0.15, 0.2) is 45.4 Å². The summed E-state index contributed by atoms with van der Waals surface area (Å²) in [6.07, 6.45) is 23.5. The Morgan fingerprint density at radius 2 is 0.992 bits per heavy atom. The largest absolute Gasteiger partial charge is 2.00 e. The SMILES string of the molecule is C.C.C#CC#CC#CC#CC.CC#CC#CC#CC.CC(=O)O.CC1(C)OB(c2ccc(C#N)nc2)OC1(C)C.CCOC(=O)c1cn2ncccc2n1.CCOC(=O)c1nc2cccnn2c1Br.N#Cc1ccc(-c2c(C(=O)NC3CC3)nc3cccnn23)cn1.NC1CC1.O=C(NC1CC1)c1nc2cccnn2c1Br.O=C1CCC(=O)N1Br.[Ca+2].[Cl-].[Cl-]. The van der Waals surface area contributed by atoms with Crippen LogP contribution in [0.3, 0.4) is 0 Å². The van der Waals surface area contributed by atoms with Gasteiger partial charge in [-0.2, -0.15) is 30.9 Å². The predicted octanol–water partition coefficient (Wildman–Crippen LogP) is 4.00. The minimum absolute atomic E-state index is 0. The molecule has 5 fully saturated rings. The second-order valence-electron chi connectivity index (χ2n) is 25.2. The van der Waals surface area contributed by atoms with Crippen LogP contribution < -0.4 is 46.6 Å². The van der Waals surface area contributed by atoms with E-state index in [1.807, 2.05) is 52.0 Å². The number of nitrogens with two attached hydrogens (primary N) is 1. The molecule has 123 heavy (non-hydrogen) atoms.